The number of carbonyl (C=O) groups excluding carboxylic acids is 3. The molecule has 32 heavy (non-hydrogen) atoms. The van der Waals surface area contributed by atoms with E-state index in [1.165, 1.54) is 18.2 Å². The van der Waals surface area contributed by atoms with E-state index in [1.54, 1.807) is 18.2 Å². The Kier molecular flexibility index (Phi) is 5.91. The molecule has 0 saturated carbocycles. The summed E-state index contributed by atoms with van der Waals surface area (Å²) < 4.78 is 21.7. The molecular weight excluding hydrogens is 440 g/mol. The van der Waals surface area contributed by atoms with Crippen molar-refractivity contribution in [3.05, 3.63) is 46.5 Å². The van der Waals surface area contributed by atoms with E-state index in [0.29, 0.717) is 41.8 Å². The zero-order chi connectivity index (χ0) is 22.8. The number of anilines is 1. The van der Waals surface area contributed by atoms with Crippen LogP contribution < -0.4 is 29.2 Å². The van der Waals surface area contributed by atoms with Crippen LogP contribution in [0, 0.1) is 0 Å². The second kappa shape index (κ2) is 8.80. The number of benzene rings is 2. The van der Waals surface area contributed by atoms with Gasteiger partial charge in [-0.2, -0.15) is 0 Å². The average molecular weight is 459 g/mol. The van der Waals surface area contributed by atoms with E-state index in [2.05, 4.69) is 5.32 Å². The van der Waals surface area contributed by atoms with E-state index < -0.39 is 17.8 Å². The molecule has 2 aromatic rings. The third kappa shape index (κ3) is 3.94. The van der Waals surface area contributed by atoms with E-state index in [-0.39, 0.29) is 23.1 Å². The van der Waals surface area contributed by atoms with Crippen LogP contribution >= 0.6 is 11.6 Å². The number of ether oxygens (including phenoxy) is 4. The first-order valence-electron chi connectivity index (χ1n) is 9.83. The Bertz CT molecular complexity index is 1150. The molecular formula is C22H19ClN2O7. The molecule has 10 heteroatoms. The predicted molar refractivity (Wildman–Crippen MR) is 115 cm³/mol. The van der Waals surface area contributed by atoms with Gasteiger partial charge in [-0.25, -0.2) is 9.69 Å². The highest BCUT2D eigenvalue weighted by Crippen LogP contribution is 2.37. The number of amides is 4. The molecule has 0 atom stereocenters. The monoisotopic (exact) mass is 458 g/mol. The summed E-state index contributed by atoms with van der Waals surface area (Å²) in [7, 11) is 0. The van der Waals surface area contributed by atoms with Gasteiger partial charge in [-0.3, -0.25) is 14.9 Å². The topological polar surface area (TPSA) is 103 Å². The Morgan fingerprint density at radius 3 is 2.44 bits per heavy atom. The molecule has 0 bridgehead atoms. The van der Waals surface area contributed by atoms with Gasteiger partial charge in [0.25, 0.3) is 11.8 Å². The number of barbiturate groups is 1. The van der Waals surface area contributed by atoms with Gasteiger partial charge < -0.3 is 18.9 Å². The van der Waals surface area contributed by atoms with E-state index in [1.807, 2.05) is 13.8 Å². The summed E-state index contributed by atoms with van der Waals surface area (Å²) in [5.74, 6) is 0.105. The molecule has 4 amide bonds. The van der Waals surface area contributed by atoms with Crippen molar-refractivity contribution in [3.63, 3.8) is 0 Å². The molecule has 0 radical (unpaired) electrons. The van der Waals surface area contributed by atoms with Gasteiger partial charge in [-0.05, 0) is 43.7 Å². The van der Waals surface area contributed by atoms with Crippen molar-refractivity contribution >= 4 is 41.2 Å². The molecule has 2 aliphatic heterocycles. The number of nitrogens with zero attached hydrogens (tertiary/aromatic N) is 1. The van der Waals surface area contributed by atoms with Gasteiger partial charge in [-0.15, -0.1) is 0 Å². The van der Waals surface area contributed by atoms with Crippen LogP contribution in [0.2, 0.25) is 5.02 Å². The molecule has 0 aliphatic carbocycles. The number of halogens is 1. The SMILES string of the molecule is CCOc1cc(Cl)c(/C=C2\C(=O)NC(=O)N(c3ccc4c(c3)OCO4)C2=O)cc1OCC. The predicted octanol–water partition coefficient (Wildman–Crippen LogP) is 3.53. The van der Waals surface area contributed by atoms with Crippen molar-refractivity contribution < 1.29 is 33.3 Å². The average Bonchev–Trinajstić information content (AvgIpc) is 3.22. The maximum Gasteiger partial charge on any atom is 0.335 e. The highest BCUT2D eigenvalue weighted by Gasteiger charge is 2.37. The van der Waals surface area contributed by atoms with Crippen molar-refractivity contribution in [2.45, 2.75) is 13.8 Å². The van der Waals surface area contributed by atoms with Gasteiger partial charge in [-0.1, -0.05) is 11.6 Å². The van der Waals surface area contributed by atoms with Crippen molar-refractivity contribution in [1.82, 2.24) is 5.32 Å². The molecule has 1 fully saturated rings. The second-order valence-corrected chi connectivity index (χ2v) is 7.09. The Hall–Kier alpha value is -3.72. The molecule has 2 aliphatic rings. The number of rotatable bonds is 6. The van der Waals surface area contributed by atoms with E-state index in [9.17, 15) is 14.4 Å². The Morgan fingerprint density at radius 1 is 1.03 bits per heavy atom. The van der Waals surface area contributed by atoms with E-state index >= 15 is 0 Å². The van der Waals surface area contributed by atoms with Crippen molar-refractivity contribution in [2.24, 2.45) is 0 Å². The summed E-state index contributed by atoms with van der Waals surface area (Å²) >= 11 is 6.36. The third-order valence-electron chi connectivity index (χ3n) is 4.68. The number of imide groups is 2. The van der Waals surface area contributed by atoms with Gasteiger partial charge in [0.15, 0.2) is 23.0 Å². The zero-order valence-corrected chi connectivity index (χ0v) is 18.0. The lowest BCUT2D eigenvalue weighted by Gasteiger charge is -2.26. The lowest BCUT2D eigenvalue weighted by molar-refractivity contribution is -0.122. The molecule has 4 rings (SSSR count). The third-order valence-corrected chi connectivity index (χ3v) is 5.01. The molecule has 1 saturated heterocycles. The molecule has 2 aromatic carbocycles. The minimum atomic E-state index is -0.871. The molecule has 166 valence electrons. The zero-order valence-electron chi connectivity index (χ0n) is 17.3. The van der Waals surface area contributed by atoms with E-state index in [0.717, 1.165) is 4.90 Å². The van der Waals surface area contributed by atoms with Gasteiger partial charge >= 0.3 is 6.03 Å². The largest absolute Gasteiger partial charge is 0.490 e. The molecule has 0 spiro atoms. The summed E-state index contributed by atoms with van der Waals surface area (Å²) in [5, 5.41) is 2.42. The Morgan fingerprint density at radius 2 is 1.72 bits per heavy atom. The highest BCUT2D eigenvalue weighted by molar-refractivity contribution is 6.40. The fourth-order valence-electron chi connectivity index (χ4n) is 3.27. The standard InChI is InChI=1S/C22H19ClN2O7/c1-3-29-17-8-12(15(23)10-19(17)30-4-2)7-14-20(26)24-22(28)25(21(14)27)13-5-6-16-18(9-13)32-11-31-16/h5-10H,3-4,11H2,1-2H3,(H,24,26,28)/b14-7+. The fourth-order valence-corrected chi connectivity index (χ4v) is 3.48. The second-order valence-electron chi connectivity index (χ2n) is 6.68. The van der Waals surface area contributed by atoms with Crippen LogP contribution in [0.5, 0.6) is 23.0 Å². The van der Waals surface area contributed by atoms with Crippen LogP contribution in [0.4, 0.5) is 10.5 Å². The summed E-state index contributed by atoms with van der Waals surface area (Å²) in [6, 6.07) is 6.85. The van der Waals surface area contributed by atoms with Gasteiger partial charge in [0.2, 0.25) is 6.79 Å². The minimum Gasteiger partial charge on any atom is -0.490 e. The quantitative estimate of drug-likeness (QED) is 0.521. The lowest BCUT2D eigenvalue weighted by atomic mass is 10.1. The first kappa shape index (κ1) is 21.5. The Balaban J connectivity index is 1.73. The normalized spacial score (nSPS) is 16.4. The molecule has 1 N–H and O–H groups in total. The van der Waals surface area contributed by atoms with Crippen molar-refractivity contribution in [2.75, 3.05) is 24.9 Å². The van der Waals surface area contributed by atoms with Crippen LogP contribution in [-0.4, -0.2) is 37.9 Å². The molecule has 0 unspecified atom stereocenters. The number of fused-ring (bicyclic) bond motifs is 1. The first-order chi connectivity index (χ1) is 15.4. The molecule has 9 nitrogen and oxygen atoms in total. The lowest BCUT2D eigenvalue weighted by Crippen LogP contribution is -2.54. The Labute approximate surface area is 188 Å². The van der Waals surface area contributed by atoms with Crippen LogP contribution in [0.1, 0.15) is 19.4 Å². The molecule has 2 heterocycles. The molecule has 0 aromatic heterocycles. The van der Waals surface area contributed by atoms with Gasteiger partial charge in [0, 0.05) is 12.1 Å². The van der Waals surface area contributed by atoms with Crippen LogP contribution in [0.3, 0.4) is 0 Å². The maximum absolute atomic E-state index is 13.1. The van der Waals surface area contributed by atoms with Gasteiger partial charge in [0.05, 0.1) is 23.9 Å². The first-order valence-corrected chi connectivity index (χ1v) is 10.2. The number of hydrogen-bond acceptors (Lipinski definition) is 7. The maximum atomic E-state index is 13.1. The van der Waals surface area contributed by atoms with Gasteiger partial charge in [0.1, 0.15) is 5.57 Å². The highest BCUT2D eigenvalue weighted by atomic mass is 35.5. The smallest absolute Gasteiger partial charge is 0.335 e. The number of carbonyl (C=O) groups is 3. The number of nitrogens with one attached hydrogen (secondary N) is 1. The summed E-state index contributed by atoms with van der Waals surface area (Å²) in [6.45, 7) is 4.47. The fraction of sp³-hybridized carbons (Fsp3) is 0.227. The number of hydrogen-bond donors (Lipinski definition) is 1. The van der Waals surface area contributed by atoms with Crippen molar-refractivity contribution in [3.8, 4) is 23.0 Å². The summed E-state index contributed by atoms with van der Waals surface area (Å²) in [4.78, 5) is 38.9. The van der Waals surface area contributed by atoms with Crippen LogP contribution in [-0.2, 0) is 9.59 Å². The van der Waals surface area contributed by atoms with Crippen LogP contribution in [0.15, 0.2) is 35.9 Å². The summed E-state index contributed by atoms with van der Waals surface area (Å²) in [6.07, 6.45) is 1.31. The number of urea groups is 1. The van der Waals surface area contributed by atoms with Crippen molar-refractivity contribution in [1.29, 1.82) is 0 Å². The van der Waals surface area contributed by atoms with E-state index in [4.69, 9.17) is 30.5 Å². The van der Waals surface area contributed by atoms with Crippen LogP contribution in [0.25, 0.3) is 6.08 Å². The summed E-state index contributed by atoms with van der Waals surface area (Å²) in [5.41, 5.74) is 0.316. The minimum absolute atomic E-state index is 0.0426.